The van der Waals surface area contributed by atoms with Crippen LogP contribution in [0, 0.1) is 5.82 Å². The van der Waals surface area contributed by atoms with E-state index in [9.17, 15) is 22.4 Å². The lowest BCUT2D eigenvalue weighted by molar-refractivity contribution is -0.126. The Balaban J connectivity index is 2.54. The van der Waals surface area contributed by atoms with Crippen LogP contribution in [0.2, 0.25) is 0 Å². The molecular weight excluding hydrogens is 351 g/mol. The van der Waals surface area contributed by atoms with Crippen LogP contribution in [0.4, 0.5) is 4.39 Å². The van der Waals surface area contributed by atoms with Crippen molar-refractivity contribution in [1.29, 1.82) is 0 Å². The number of primary amides is 1. The smallest absolute Gasteiger partial charge is 0.264 e. The molecular formula is C16H15FN2O5S. The molecule has 0 bridgehead atoms. The summed E-state index contributed by atoms with van der Waals surface area (Å²) in [5.41, 5.74) is 5.00. The molecule has 2 amide bonds. The molecule has 0 radical (unpaired) electrons. The summed E-state index contributed by atoms with van der Waals surface area (Å²) < 4.78 is 40.5. The molecule has 1 atom stereocenters. The number of aliphatic hydroxyl groups excluding tert-OH is 1. The van der Waals surface area contributed by atoms with Crippen LogP contribution in [0.25, 0.3) is 11.1 Å². The highest BCUT2D eigenvalue weighted by atomic mass is 32.2. The first kappa shape index (κ1) is 18.6. The molecule has 0 spiro atoms. The van der Waals surface area contributed by atoms with E-state index in [1.54, 1.807) is 4.72 Å². The molecule has 2 aromatic rings. The van der Waals surface area contributed by atoms with Gasteiger partial charge >= 0.3 is 0 Å². The number of carbonyl (C=O) groups is 2. The maximum absolute atomic E-state index is 14.0. The Morgan fingerprint density at radius 2 is 1.84 bits per heavy atom. The predicted octanol–water partition coefficient (Wildman–Crippen LogP) is 0.777. The molecule has 4 N–H and O–H groups in total. The van der Waals surface area contributed by atoms with Crippen molar-refractivity contribution in [2.45, 2.75) is 17.9 Å². The van der Waals surface area contributed by atoms with Crippen LogP contribution in [0.1, 0.15) is 17.3 Å². The fourth-order valence-electron chi connectivity index (χ4n) is 2.09. The number of sulfonamides is 1. The number of amides is 2. The van der Waals surface area contributed by atoms with E-state index in [0.29, 0.717) is 0 Å². The lowest BCUT2D eigenvalue weighted by Crippen LogP contribution is -2.37. The third-order valence-electron chi connectivity index (χ3n) is 3.34. The van der Waals surface area contributed by atoms with Gasteiger partial charge < -0.3 is 10.8 Å². The van der Waals surface area contributed by atoms with E-state index in [4.69, 9.17) is 10.8 Å². The minimum Gasteiger partial charge on any atom is -0.384 e. The minimum absolute atomic E-state index is 0.114. The van der Waals surface area contributed by atoms with E-state index in [0.717, 1.165) is 19.1 Å². The van der Waals surface area contributed by atoms with Gasteiger partial charge in [-0.1, -0.05) is 24.3 Å². The largest absolute Gasteiger partial charge is 0.384 e. The SMILES string of the molecule is CC(O)C(=O)NS(=O)(=O)c1ccccc1-c1ccc(C(N)=O)c(F)c1. The normalized spacial score (nSPS) is 12.4. The van der Waals surface area contributed by atoms with Crippen molar-refractivity contribution < 1.29 is 27.5 Å². The fraction of sp³-hybridized carbons (Fsp3) is 0.125. The molecule has 2 aromatic carbocycles. The van der Waals surface area contributed by atoms with Gasteiger partial charge in [0.25, 0.3) is 21.8 Å². The standard InChI is InChI=1S/C16H15FN2O5S/c1-9(20)16(22)19-25(23,24)14-5-3-2-4-11(14)10-6-7-12(15(18)21)13(17)8-10/h2-9,20H,1H3,(H2,18,21)(H,19,22). The summed E-state index contributed by atoms with van der Waals surface area (Å²) in [6.45, 7) is 1.12. The Morgan fingerprint density at radius 1 is 1.20 bits per heavy atom. The number of nitrogens with one attached hydrogen (secondary N) is 1. The van der Waals surface area contributed by atoms with Gasteiger partial charge in [-0.05, 0) is 30.7 Å². The van der Waals surface area contributed by atoms with Crippen molar-refractivity contribution in [2.24, 2.45) is 5.73 Å². The predicted molar refractivity (Wildman–Crippen MR) is 87.4 cm³/mol. The molecule has 25 heavy (non-hydrogen) atoms. The molecule has 1 unspecified atom stereocenters. The maximum Gasteiger partial charge on any atom is 0.264 e. The molecule has 0 aliphatic carbocycles. The molecule has 0 fully saturated rings. The zero-order valence-corrected chi connectivity index (χ0v) is 13.9. The second-order valence-electron chi connectivity index (χ2n) is 5.20. The van der Waals surface area contributed by atoms with Gasteiger partial charge in [0.2, 0.25) is 0 Å². The van der Waals surface area contributed by atoms with E-state index in [2.05, 4.69) is 0 Å². The fourth-order valence-corrected chi connectivity index (χ4v) is 3.37. The van der Waals surface area contributed by atoms with Gasteiger partial charge in [-0.3, -0.25) is 9.59 Å². The molecule has 0 heterocycles. The van der Waals surface area contributed by atoms with Crippen LogP contribution in [0.3, 0.4) is 0 Å². The summed E-state index contributed by atoms with van der Waals surface area (Å²) in [5.74, 6) is -2.94. The van der Waals surface area contributed by atoms with Gasteiger partial charge in [-0.25, -0.2) is 17.5 Å². The van der Waals surface area contributed by atoms with Gasteiger partial charge in [0.15, 0.2) is 0 Å². The van der Waals surface area contributed by atoms with Gasteiger partial charge in [0, 0.05) is 5.56 Å². The average molecular weight is 366 g/mol. The van der Waals surface area contributed by atoms with Crippen molar-refractivity contribution in [2.75, 3.05) is 0 Å². The number of halogens is 1. The Labute approximate surface area is 143 Å². The molecule has 0 saturated carbocycles. The lowest BCUT2D eigenvalue weighted by Gasteiger charge is -2.13. The molecule has 0 aromatic heterocycles. The average Bonchev–Trinajstić information content (AvgIpc) is 2.53. The molecule has 132 valence electrons. The summed E-state index contributed by atoms with van der Waals surface area (Å²) >= 11 is 0. The molecule has 7 nitrogen and oxygen atoms in total. The second kappa shape index (κ2) is 6.99. The van der Waals surface area contributed by atoms with Crippen molar-refractivity contribution in [3.8, 4) is 11.1 Å². The highest BCUT2D eigenvalue weighted by Crippen LogP contribution is 2.28. The summed E-state index contributed by atoms with van der Waals surface area (Å²) in [6.07, 6.45) is -1.52. The third kappa shape index (κ3) is 4.01. The van der Waals surface area contributed by atoms with Crippen LogP contribution >= 0.6 is 0 Å². The highest BCUT2D eigenvalue weighted by Gasteiger charge is 2.24. The first-order chi connectivity index (χ1) is 11.6. The zero-order chi connectivity index (χ0) is 18.8. The van der Waals surface area contributed by atoms with Crippen molar-refractivity contribution >= 4 is 21.8 Å². The number of hydrogen-bond acceptors (Lipinski definition) is 5. The second-order valence-corrected chi connectivity index (χ2v) is 6.85. The Hall–Kier alpha value is -2.78. The maximum atomic E-state index is 14.0. The summed E-state index contributed by atoms with van der Waals surface area (Å²) in [6, 6.07) is 9.07. The number of nitrogens with two attached hydrogens (primary N) is 1. The van der Waals surface area contributed by atoms with Crippen LogP contribution < -0.4 is 10.5 Å². The van der Waals surface area contributed by atoms with Crippen molar-refractivity contribution in [3.63, 3.8) is 0 Å². The number of benzene rings is 2. The van der Waals surface area contributed by atoms with E-state index >= 15 is 0 Å². The number of hydrogen-bond donors (Lipinski definition) is 3. The summed E-state index contributed by atoms with van der Waals surface area (Å²) in [4.78, 5) is 22.3. The Kier molecular flexibility index (Phi) is 5.19. The molecule has 0 aliphatic rings. The van der Waals surface area contributed by atoms with Gasteiger partial charge in [-0.2, -0.15) is 0 Å². The van der Waals surface area contributed by atoms with E-state index in [-0.39, 0.29) is 21.6 Å². The van der Waals surface area contributed by atoms with Crippen LogP contribution in [-0.4, -0.2) is 31.4 Å². The molecule has 2 rings (SSSR count). The first-order valence-electron chi connectivity index (χ1n) is 7.07. The number of rotatable bonds is 5. The van der Waals surface area contributed by atoms with E-state index in [1.807, 2.05) is 0 Å². The topological polar surface area (TPSA) is 127 Å². The highest BCUT2D eigenvalue weighted by molar-refractivity contribution is 7.90. The van der Waals surface area contributed by atoms with Crippen molar-refractivity contribution in [1.82, 2.24) is 4.72 Å². The molecule has 0 aliphatic heterocycles. The van der Waals surface area contributed by atoms with Gasteiger partial charge in [0.05, 0.1) is 10.5 Å². The lowest BCUT2D eigenvalue weighted by atomic mass is 10.0. The Morgan fingerprint density at radius 3 is 2.40 bits per heavy atom. The third-order valence-corrected chi connectivity index (χ3v) is 4.74. The van der Waals surface area contributed by atoms with Crippen LogP contribution in [0.5, 0.6) is 0 Å². The zero-order valence-electron chi connectivity index (χ0n) is 13.1. The first-order valence-corrected chi connectivity index (χ1v) is 8.55. The summed E-state index contributed by atoms with van der Waals surface area (Å²) in [5, 5.41) is 9.17. The minimum atomic E-state index is -4.30. The van der Waals surface area contributed by atoms with E-state index < -0.39 is 33.8 Å². The van der Waals surface area contributed by atoms with Crippen molar-refractivity contribution in [3.05, 3.63) is 53.8 Å². The Bertz CT molecular complexity index is 941. The molecule has 9 heteroatoms. The van der Waals surface area contributed by atoms with Gasteiger partial charge in [0.1, 0.15) is 11.9 Å². The van der Waals surface area contributed by atoms with E-state index in [1.165, 1.54) is 30.3 Å². The quantitative estimate of drug-likeness (QED) is 0.721. The summed E-state index contributed by atoms with van der Waals surface area (Å²) in [7, 11) is -4.30. The number of aliphatic hydroxyl groups is 1. The number of carbonyl (C=O) groups excluding carboxylic acids is 2. The van der Waals surface area contributed by atoms with Crippen LogP contribution in [-0.2, 0) is 14.8 Å². The van der Waals surface area contributed by atoms with Crippen LogP contribution in [0.15, 0.2) is 47.4 Å². The monoisotopic (exact) mass is 366 g/mol. The van der Waals surface area contributed by atoms with Gasteiger partial charge in [-0.15, -0.1) is 0 Å². The molecule has 0 saturated heterocycles.